The van der Waals surface area contributed by atoms with Gasteiger partial charge in [-0.05, 0) is 37.0 Å². The number of ether oxygens (including phenoxy) is 1. The number of aryl methyl sites for hydroxylation is 1. The lowest BCUT2D eigenvalue weighted by molar-refractivity contribution is -0.122. The summed E-state index contributed by atoms with van der Waals surface area (Å²) in [5.74, 6) is 0.904. The molecule has 1 aromatic heterocycles. The molecule has 1 atom stereocenters. The number of aromatic nitrogens is 1. The van der Waals surface area contributed by atoms with Gasteiger partial charge < -0.3 is 15.0 Å². The molecule has 0 saturated carbocycles. The molecule has 0 aliphatic rings. The van der Waals surface area contributed by atoms with E-state index < -0.39 is 0 Å². The molecule has 0 saturated heterocycles. The number of rotatable bonds is 8. The number of para-hydroxylation sites is 2. The van der Waals surface area contributed by atoms with E-state index in [-0.39, 0.29) is 11.9 Å². The molecule has 0 aliphatic carbocycles. The van der Waals surface area contributed by atoms with Gasteiger partial charge in [-0.15, -0.1) is 0 Å². The zero-order valence-corrected chi connectivity index (χ0v) is 15.4. The Labute approximate surface area is 154 Å². The smallest absolute Gasteiger partial charge is 0.220 e. The van der Waals surface area contributed by atoms with Crippen LogP contribution in [0.15, 0.2) is 54.7 Å². The number of carbonyl (C=O) groups excluding carboxylic acids is 1. The molecule has 136 valence electrons. The Morgan fingerprint density at radius 3 is 2.73 bits per heavy atom. The summed E-state index contributed by atoms with van der Waals surface area (Å²) in [5.41, 5.74) is 3.45. The Morgan fingerprint density at radius 2 is 1.92 bits per heavy atom. The molecule has 2 N–H and O–H groups in total. The second kappa shape index (κ2) is 8.56. The van der Waals surface area contributed by atoms with Crippen LogP contribution in [0.2, 0.25) is 0 Å². The maximum atomic E-state index is 12.4. The number of aromatic amines is 1. The van der Waals surface area contributed by atoms with Crippen LogP contribution in [0.5, 0.6) is 5.75 Å². The Bertz CT molecular complexity index is 869. The highest BCUT2D eigenvalue weighted by Crippen LogP contribution is 2.27. The quantitative estimate of drug-likeness (QED) is 0.615. The SMILES string of the molecule is CCC(NC(=O)CCCc1c[nH]c2ccccc12)c1ccccc1OC. The number of H-pyrrole nitrogens is 1. The van der Waals surface area contributed by atoms with E-state index in [2.05, 4.69) is 29.4 Å². The van der Waals surface area contributed by atoms with Gasteiger partial charge in [0.15, 0.2) is 0 Å². The molecular formula is C22H26N2O2. The highest BCUT2D eigenvalue weighted by Gasteiger charge is 2.16. The average Bonchev–Trinajstić information content (AvgIpc) is 3.09. The van der Waals surface area contributed by atoms with Gasteiger partial charge in [0, 0.05) is 29.1 Å². The van der Waals surface area contributed by atoms with E-state index in [0.717, 1.165) is 36.1 Å². The Kier molecular flexibility index (Phi) is 5.95. The molecule has 0 aliphatic heterocycles. The van der Waals surface area contributed by atoms with Crippen LogP contribution in [0.4, 0.5) is 0 Å². The second-order valence-corrected chi connectivity index (χ2v) is 6.48. The first-order chi connectivity index (χ1) is 12.7. The summed E-state index contributed by atoms with van der Waals surface area (Å²) in [7, 11) is 1.66. The summed E-state index contributed by atoms with van der Waals surface area (Å²) in [6.45, 7) is 2.07. The van der Waals surface area contributed by atoms with E-state index in [0.29, 0.717) is 6.42 Å². The molecule has 0 spiro atoms. The molecule has 0 radical (unpaired) electrons. The molecule has 2 aromatic carbocycles. The maximum Gasteiger partial charge on any atom is 0.220 e. The lowest BCUT2D eigenvalue weighted by atomic mass is 10.0. The van der Waals surface area contributed by atoms with E-state index in [1.54, 1.807) is 7.11 Å². The second-order valence-electron chi connectivity index (χ2n) is 6.48. The largest absolute Gasteiger partial charge is 0.496 e. The molecule has 3 aromatic rings. The van der Waals surface area contributed by atoms with Crippen molar-refractivity contribution in [2.75, 3.05) is 7.11 Å². The number of nitrogens with one attached hydrogen (secondary N) is 2. The van der Waals surface area contributed by atoms with Gasteiger partial charge in [-0.25, -0.2) is 0 Å². The summed E-state index contributed by atoms with van der Waals surface area (Å²) in [5, 5.41) is 4.39. The average molecular weight is 350 g/mol. The number of hydrogen-bond donors (Lipinski definition) is 2. The molecule has 3 rings (SSSR count). The monoisotopic (exact) mass is 350 g/mol. The van der Waals surface area contributed by atoms with Crippen molar-refractivity contribution in [2.24, 2.45) is 0 Å². The van der Waals surface area contributed by atoms with Crippen molar-refractivity contribution in [3.05, 3.63) is 65.9 Å². The fourth-order valence-corrected chi connectivity index (χ4v) is 3.40. The van der Waals surface area contributed by atoms with Crippen LogP contribution >= 0.6 is 0 Å². The number of amides is 1. The van der Waals surface area contributed by atoms with Gasteiger partial charge in [-0.3, -0.25) is 4.79 Å². The zero-order chi connectivity index (χ0) is 18.4. The minimum atomic E-state index is -0.0215. The lowest BCUT2D eigenvalue weighted by Gasteiger charge is -2.20. The summed E-state index contributed by atoms with van der Waals surface area (Å²) >= 11 is 0. The van der Waals surface area contributed by atoms with Crippen molar-refractivity contribution >= 4 is 16.8 Å². The molecule has 1 unspecified atom stereocenters. The van der Waals surface area contributed by atoms with Crippen molar-refractivity contribution in [1.82, 2.24) is 10.3 Å². The molecule has 4 heteroatoms. The minimum absolute atomic E-state index is 0.0215. The summed E-state index contributed by atoms with van der Waals surface area (Å²) in [6.07, 6.45) is 5.12. The summed E-state index contributed by atoms with van der Waals surface area (Å²) in [4.78, 5) is 15.7. The van der Waals surface area contributed by atoms with Crippen molar-refractivity contribution in [3.8, 4) is 5.75 Å². The number of carbonyl (C=O) groups is 1. The maximum absolute atomic E-state index is 12.4. The highest BCUT2D eigenvalue weighted by molar-refractivity contribution is 5.83. The van der Waals surface area contributed by atoms with E-state index >= 15 is 0 Å². The van der Waals surface area contributed by atoms with Crippen LogP contribution < -0.4 is 10.1 Å². The molecule has 0 fully saturated rings. The van der Waals surface area contributed by atoms with Gasteiger partial charge in [-0.1, -0.05) is 43.3 Å². The van der Waals surface area contributed by atoms with E-state index in [9.17, 15) is 4.79 Å². The molecule has 1 heterocycles. The van der Waals surface area contributed by atoms with Gasteiger partial charge in [0.2, 0.25) is 5.91 Å². The highest BCUT2D eigenvalue weighted by atomic mass is 16.5. The van der Waals surface area contributed by atoms with Crippen LogP contribution in [0.3, 0.4) is 0 Å². The number of benzene rings is 2. The third-order valence-electron chi connectivity index (χ3n) is 4.78. The Morgan fingerprint density at radius 1 is 1.15 bits per heavy atom. The predicted molar refractivity (Wildman–Crippen MR) is 105 cm³/mol. The van der Waals surface area contributed by atoms with Gasteiger partial charge in [0.1, 0.15) is 5.75 Å². The van der Waals surface area contributed by atoms with Crippen molar-refractivity contribution in [2.45, 2.75) is 38.6 Å². The first-order valence-corrected chi connectivity index (χ1v) is 9.20. The Hall–Kier alpha value is -2.75. The molecule has 1 amide bonds. The van der Waals surface area contributed by atoms with E-state index in [1.165, 1.54) is 10.9 Å². The summed E-state index contributed by atoms with van der Waals surface area (Å²) < 4.78 is 5.43. The summed E-state index contributed by atoms with van der Waals surface area (Å²) in [6, 6.07) is 16.1. The fourth-order valence-electron chi connectivity index (χ4n) is 3.40. The third-order valence-corrected chi connectivity index (χ3v) is 4.78. The number of methoxy groups -OCH3 is 1. The van der Waals surface area contributed by atoms with Crippen LogP contribution in [0, 0.1) is 0 Å². The van der Waals surface area contributed by atoms with Crippen molar-refractivity contribution in [1.29, 1.82) is 0 Å². The third kappa shape index (κ3) is 4.07. The first kappa shape index (κ1) is 18.1. The van der Waals surface area contributed by atoms with Gasteiger partial charge >= 0.3 is 0 Å². The fraction of sp³-hybridized carbons (Fsp3) is 0.318. The normalized spacial score (nSPS) is 12.1. The van der Waals surface area contributed by atoms with Crippen LogP contribution in [-0.2, 0) is 11.2 Å². The standard InChI is InChI=1S/C22H26N2O2/c1-3-19(18-11-5-7-13-21(18)26-2)24-22(25)14-8-9-16-15-23-20-12-6-4-10-17(16)20/h4-7,10-13,15,19,23H,3,8-9,14H2,1-2H3,(H,24,25). The van der Waals surface area contributed by atoms with Gasteiger partial charge in [0.05, 0.1) is 13.2 Å². The van der Waals surface area contributed by atoms with E-state index in [1.807, 2.05) is 42.6 Å². The van der Waals surface area contributed by atoms with Gasteiger partial charge in [0.25, 0.3) is 0 Å². The van der Waals surface area contributed by atoms with Crippen molar-refractivity contribution < 1.29 is 9.53 Å². The van der Waals surface area contributed by atoms with E-state index in [4.69, 9.17) is 4.74 Å². The number of fused-ring (bicyclic) bond motifs is 1. The lowest BCUT2D eigenvalue weighted by Crippen LogP contribution is -2.28. The van der Waals surface area contributed by atoms with Crippen LogP contribution in [-0.4, -0.2) is 18.0 Å². The molecular weight excluding hydrogens is 324 g/mol. The minimum Gasteiger partial charge on any atom is -0.496 e. The van der Waals surface area contributed by atoms with Crippen LogP contribution in [0.25, 0.3) is 10.9 Å². The molecule has 0 bridgehead atoms. The predicted octanol–water partition coefficient (Wildman–Crippen LogP) is 4.77. The van der Waals surface area contributed by atoms with Gasteiger partial charge in [-0.2, -0.15) is 0 Å². The zero-order valence-electron chi connectivity index (χ0n) is 15.4. The van der Waals surface area contributed by atoms with Crippen LogP contribution in [0.1, 0.15) is 43.4 Å². The first-order valence-electron chi connectivity index (χ1n) is 9.20. The molecule has 26 heavy (non-hydrogen) atoms. The number of hydrogen-bond acceptors (Lipinski definition) is 2. The topological polar surface area (TPSA) is 54.1 Å². The molecule has 4 nitrogen and oxygen atoms in total. The Balaban J connectivity index is 1.56. The van der Waals surface area contributed by atoms with Crippen molar-refractivity contribution in [3.63, 3.8) is 0 Å².